The number of nitrogens with one attached hydrogen (secondary N) is 2. The molecule has 1 heterocycles. The second-order valence-corrected chi connectivity index (χ2v) is 7.33. The third-order valence-electron chi connectivity index (χ3n) is 4.74. The van der Waals surface area contributed by atoms with Crippen LogP contribution in [0.1, 0.15) is 53.4 Å². The van der Waals surface area contributed by atoms with Gasteiger partial charge in [-0.05, 0) is 51.0 Å². The second-order valence-electron chi connectivity index (χ2n) is 7.33. The van der Waals surface area contributed by atoms with Crippen LogP contribution in [-0.2, 0) is 0 Å². The van der Waals surface area contributed by atoms with E-state index >= 15 is 0 Å². The van der Waals surface area contributed by atoms with Crippen molar-refractivity contribution >= 4 is 6.03 Å². The van der Waals surface area contributed by atoms with Gasteiger partial charge in [0, 0.05) is 31.8 Å². The summed E-state index contributed by atoms with van der Waals surface area (Å²) < 4.78 is 0. The van der Waals surface area contributed by atoms with E-state index in [4.69, 9.17) is 5.11 Å². The standard InChI is InChI=1S/C17H35N3O2/c1-5-17(4,7-10-21)19-16(22)18-8-6-9-20-12-14(2)11-15(3)13-20/h14-15,21H,5-13H2,1-4H3,(H2,18,19,22). The third-order valence-corrected chi connectivity index (χ3v) is 4.74. The Morgan fingerprint density at radius 3 is 2.50 bits per heavy atom. The number of rotatable bonds is 8. The number of piperidine rings is 1. The van der Waals surface area contributed by atoms with Crippen LogP contribution in [0.25, 0.3) is 0 Å². The van der Waals surface area contributed by atoms with Gasteiger partial charge in [-0.2, -0.15) is 0 Å². The summed E-state index contributed by atoms with van der Waals surface area (Å²) in [5.41, 5.74) is -0.323. The zero-order valence-electron chi connectivity index (χ0n) is 14.8. The molecule has 1 aliphatic rings. The fourth-order valence-corrected chi connectivity index (χ4v) is 3.37. The average molecular weight is 313 g/mol. The Morgan fingerprint density at radius 2 is 1.95 bits per heavy atom. The summed E-state index contributed by atoms with van der Waals surface area (Å²) in [6.07, 6.45) is 3.71. The van der Waals surface area contributed by atoms with Crippen LogP contribution in [0.2, 0.25) is 0 Å². The summed E-state index contributed by atoms with van der Waals surface area (Å²) in [4.78, 5) is 14.4. The average Bonchev–Trinajstić information content (AvgIpc) is 2.43. The van der Waals surface area contributed by atoms with Gasteiger partial charge in [0.1, 0.15) is 0 Å². The molecule has 3 unspecified atom stereocenters. The lowest BCUT2D eigenvalue weighted by atomic mass is 9.92. The number of aliphatic hydroxyl groups is 1. The fourth-order valence-electron chi connectivity index (χ4n) is 3.37. The molecule has 0 aromatic heterocycles. The van der Waals surface area contributed by atoms with Crippen LogP contribution in [0.3, 0.4) is 0 Å². The Morgan fingerprint density at radius 1 is 1.32 bits per heavy atom. The van der Waals surface area contributed by atoms with Crippen molar-refractivity contribution < 1.29 is 9.90 Å². The fraction of sp³-hybridized carbons (Fsp3) is 0.941. The molecule has 5 nitrogen and oxygen atoms in total. The summed E-state index contributed by atoms with van der Waals surface area (Å²) in [7, 11) is 0. The van der Waals surface area contributed by atoms with Gasteiger partial charge in [-0.3, -0.25) is 0 Å². The van der Waals surface area contributed by atoms with Gasteiger partial charge >= 0.3 is 6.03 Å². The van der Waals surface area contributed by atoms with Crippen LogP contribution < -0.4 is 10.6 Å². The van der Waals surface area contributed by atoms with Crippen molar-refractivity contribution in [3.8, 4) is 0 Å². The van der Waals surface area contributed by atoms with Crippen molar-refractivity contribution in [2.24, 2.45) is 11.8 Å². The predicted molar refractivity (Wildman–Crippen MR) is 90.9 cm³/mol. The first-order valence-corrected chi connectivity index (χ1v) is 8.77. The molecule has 0 aromatic carbocycles. The molecule has 0 aromatic rings. The molecule has 5 heteroatoms. The number of aliphatic hydroxyl groups excluding tert-OH is 1. The topological polar surface area (TPSA) is 64.6 Å². The van der Waals surface area contributed by atoms with E-state index in [-0.39, 0.29) is 18.2 Å². The Kier molecular flexibility index (Phi) is 8.18. The van der Waals surface area contributed by atoms with E-state index in [0.29, 0.717) is 13.0 Å². The lowest BCUT2D eigenvalue weighted by Gasteiger charge is -2.35. The minimum absolute atomic E-state index is 0.0932. The minimum atomic E-state index is -0.323. The zero-order chi connectivity index (χ0) is 16.6. The Bertz CT molecular complexity index is 328. The quantitative estimate of drug-likeness (QED) is 0.602. The highest BCUT2D eigenvalue weighted by Gasteiger charge is 2.24. The van der Waals surface area contributed by atoms with E-state index in [9.17, 15) is 4.79 Å². The van der Waals surface area contributed by atoms with Gasteiger partial charge in [-0.25, -0.2) is 4.79 Å². The van der Waals surface area contributed by atoms with E-state index in [2.05, 4.69) is 29.4 Å². The van der Waals surface area contributed by atoms with Gasteiger partial charge in [0.2, 0.25) is 0 Å². The maximum Gasteiger partial charge on any atom is 0.315 e. The van der Waals surface area contributed by atoms with Crippen molar-refractivity contribution in [3.05, 3.63) is 0 Å². The Balaban J connectivity index is 2.19. The molecule has 0 radical (unpaired) electrons. The van der Waals surface area contributed by atoms with Gasteiger partial charge in [-0.1, -0.05) is 20.8 Å². The summed E-state index contributed by atoms with van der Waals surface area (Å²) in [6, 6.07) is -0.127. The molecule has 2 amide bonds. The van der Waals surface area contributed by atoms with E-state index in [0.717, 1.165) is 31.2 Å². The molecule has 0 saturated carbocycles. The largest absolute Gasteiger partial charge is 0.396 e. The molecule has 1 rings (SSSR count). The second kappa shape index (κ2) is 9.36. The van der Waals surface area contributed by atoms with Crippen LogP contribution in [0, 0.1) is 11.8 Å². The van der Waals surface area contributed by atoms with Crippen molar-refractivity contribution in [3.63, 3.8) is 0 Å². The van der Waals surface area contributed by atoms with Crippen molar-refractivity contribution in [1.82, 2.24) is 15.5 Å². The molecule has 22 heavy (non-hydrogen) atoms. The number of hydrogen-bond donors (Lipinski definition) is 3. The summed E-state index contributed by atoms with van der Waals surface area (Å²) in [5, 5.41) is 15.0. The number of carbonyl (C=O) groups excluding carboxylic acids is 1. The molecule has 1 aliphatic heterocycles. The lowest BCUT2D eigenvalue weighted by molar-refractivity contribution is 0.139. The van der Waals surface area contributed by atoms with Crippen LogP contribution in [-0.4, -0.2) is 54.4 Å². The minimum Gasteiger partial charge on any atom is -0.396 e. The smallest absolute Gasteiger partial charge is 0.315 e. The van der Waals surface area contributed by atoms with Crippen LogP contribution in [0.5, 0.6) is 0 Å². The van der Waals surface area contributed by atoms with Gasteiger partial charge in [0.25, 0.3) is 0 Å². The Labute approximate surface area is 135 Å². The monoisotopic (exact) mass is 313 g/mol. The molecular weight excluding hydrogens is 278 g/mol. The molecule has 1 fully saturated rings. The highest BCUT2D eigenvalue weighted by Crippen LogP contribution is 2.20. The molecule has 3 N–H and O–H groups in total. The van der Waals surface area contributed by atoms with Gasteiger partial charge in [0.05, 0.1) is 0 Å². The number of nitrogens with zero attached hydrogens (tertiary/aromatic N) is 1. The first kappa shape index (κ1) is 19.2. The maximum atomic E-state index is 11.9. The van der Waals surface area contributed by atoms with Crippen LogP contribution in [0.4, 0.5) is 4.79 Å². The molecular formula is C17H35N3O2. The van der Waals surface area contributed by atoms with Crippen molar-refractivity contribution in [2.75, 3.05) is 32.8 Å². The zero-order valence-corrected chi connectivity index (χ0v) is 14.8. The third kappa shape index (κ3) is 6.97. The summed E-state index contributed by atoms with van der Waals surface area (Å²) in [5.74, 6) is 1.56. The van der Waals surface area contributed by atoms with Crippen molar-refractivity contribution in [2.45, 2.75) is 58.9 Å². The van der Waals surface area contributed by atoms with Crippen molar-refractivity contribution in [1.29, 1.82) is 0 Å². The number of carbonyl (C=O) groups is 1. The molecule has 1 saturated heterocycles. The van der Waals surface area contributed by atoms with E-state index in [1.165, 1.54) is 19.5 Å². The van der Waals surface area contributed by atoms with E-state index in [1.54, 1.807) is 0 Å². The lowest BCUT2D eigenvalue weighted by Crippen LogP contribution is -2.50. The molecule has 0 aliphatic carbocycles. The van der Waals surface area contributed by atoms with Gasteiger partial charge < -0.3 is 20.6 Å². The maximum absolute atomic E-state index is 11.9. The number of urea groups is 1. The molecule has 0 bridgehead atoms. The number of hydrogen-bond acceptors (Lipinski definition) is 3. The summed E-state index contributed by atoms with van der Waals surface area (Å²) in [6.45, 7) is 12.8. The van der Waals surface area contributed by atoms with E-state index in [1.807, 2.05) is 13.8 Å². The number of likely N-dealkylation sites (tertiary alicyclic amines) is 1. The van der Waals surface area contributed by atoms with E-state index < -0.39 is 0 Å². The van der Waals surface area contributed by atoms with Crippen LogP contribution >= 0.6 is 0 Å². The number of amides is 2. The highest BCUT2D eigenvalue weighted by molar-refractivity contribution is 5.74. The molecule has 130 valence electrons. The first-order chi connectivity index (χ1) is 10.4. The molecule has 3 atom stereocenters. The molecule has 0 spiro atoms. The van der Waals surface area contributed by atoms with Gasteiger partial charge in [-0.15, -0.1) is 0 Å². The van der Waals surface area contributed by atoms with Gasteiger partial charge in [0.15, 0.2) is 0 Å². The summed E-state index contributed by atoms with van der Waals surface area (Å²) >= 11 is 0. The Hall–Kier alpha value is -0.810. The normalized spacial score (nSPS) is 25.5. The SMILES string of the molecule is CCC(C)(CCO)NC(=O)NCCCN1CC(C)CC(C)C1. The first-order valence-electron chi connectivity index (χ1n) is 8.77. The predicted octanol–water partition coefficient (Wildman–Crippen LogP) is 2.20. The highest BCUT2D eigenvalue weighted by atomic mass is 16.3. The van der Waals surface area contributed by atoms with Crippen LogP contribution in [0.15, 0.2) is 0 Å².